The first-order valence-corrected chi connectivity index (χ1v) is 8.78. The zero-order valence-corrected chi connectivity index (χ0v) is 14.1. The van der Waals surface area contributed by atoms with Gasteiger partial charge in [0.25, 0.3) is 5.91 Å². The second-order valence-corrected chi connectivity index (χ2v) is 6.61. The molecule has 2 amide bonds. The third-order valence-corrected chi connectivity index (χ3v) is 5.34. The van der Waals surface area contributed by atoms with Gasteiger partial charge < -0.3 is 9.80 Å². The molecule has 1 atom stereocenters. The van der Waals surface area contributed by atoms with Gasteiger partial charge in [-0.05, 0) is 31.0 Å². The van der Waals surface area contributed by atoms with Crippen molar-refractivity contribution in [1.29, 1.82) is 0 Å². The lowest BCUT2D eigenvalue weighted by Crippen LogP contribution is -3.29. The van der Waals surface area contributed by atoms with Crippen LogP contribution < -0.4 is 14.7 Å². The molecule has 1 aromatic carbocycles. The monoisotopic (exact) mass is 317 g/mol. The Morgan fingerprint density at radius 3 is 2.26 bits per heavy atom. The van der Waals surface area contributed by atoms with Crippen LogP contribution in [0.15, 0.2) is 24.3 Å². The van der Waals surface area contributed by atoms with E-state index >= 15 is 0 Å². The summed E-state index contributed by atoms with van der Waals surface area (Å²) in [6.45, 7) is 9.58. The number of carbonyl (C=O) groups excluding carboxylic acids is 2. The predicted octanol–water partition coefficient (Wildman–Crippen LogP) is -1.32. The largest absolute Gasteiger partial charge is 0.326 e. The van der Waals surface area contributed by atoms with E-state index in [2.05, 4.69) is 13.8 Å². The van der Waals surface area contributed by atoms with Crippen LogP contribution in [0.3, 0.4) is 0 Å². The lowest BCUT2D eigenvalue weighted by molar-refractivity contribution is -1.02. The van der Waals surface area contributed by atoms with E-state index in [0.29, 0.717) is 6.42 Å². The van der Waals surface area contributed by atoms with Crippen molar-refractivity contribution < 1.29 is 19.4 Å². The number of rotatable bonds is 4. The Balaban J connectivity index is 1.72. The molecule has 0 bridgehead atoms. The summed E-state index contributed by atoms with van der Waals surface area (Å²) in [4.78, 5) is 29.5. The van der Waals surface area contributed by atoms with E-state index in [4.69, 9.17) is 0 Å². The number of aryl methyl sites for hydroxylation is 1. The maximum absolute atomic E-state index is 12.8. The average molecular weight is 317 g/mol. The molecule has 5 nitrogen and oxygen atoms in total. The molecule has 2 fully saturated rings. The summed E-state index contributed by atoms with van der Waals surface area (Å²) in [6.07, 6.45) is 1.31. The van der Waals surface area contributed by atoms with Crippen molar-refractivity contribution in [3.63, 3.8) is 0 Å². The highest BCUT2D eigenvalue weighted by atomic mass is 16.2. The molecule has 2 heterocycles. The number of hydrogen-bond donors (Lipinski definition) is 2. The molecule has 0 spiro atoms. The van der Waals surface area contributed by atoms with E-state index in [1.165, 1.54) is 15.4 Å². The fourth-order valence-electron chi connectivity index (χ4n) is 3.73. The van der Waals surface area contributed by atoms with Crippen LogP contribution in [0.2, 0.25) is 0 Å². The molecular weight excluding hydrogens is 290 g/mol. The minimum absolute atomic E-state index is 0.0193. The molecule has 1 aromatic rings. The van der Waals surface area contributed by atoms with Crippen LogP contribution in [0.25, 0.3) is 0 Å². The number of benzene rings is 1. The van der Waals surface area contributed by atoms with Crippen LogP contribution in [0.1, 0.15) is 25.8 Å². The van der Waals surface area contributed by atoms with Gasteiger partial charge in [0, 0.05) is 0 Å². The first-order chi connectivity index (χ1) is 11.1. The predicted molar refractivity (Wildman–Crippen MR) is 88.7 cm³/mol. The van der Waals surface area contributed by atoms with Crippen molar-refractivity contribution in [3.05, 3.63) is 29.8 Å². The molecule has 2 N–H and O–H groups in total. The normalized spacial score (nSPS) is 28.4. The van der Waals surface area contributed by atoms with E-state index in [1.807, 2.05) is 24.3 Å². The number of quaternary nitrogens is 2. The highest BCUT2D eigenvalue weighted by molar-refractivity contribution is 6.21. The smallest absolute Gasteiger partial charge is 0.292 e. The molecule has 0 saturated carbocycles. The van der Waals surface area contributed by atoms with Crippen LogP contribution in [0.5, 0.6) is 0 Å². The number of hydrogen-bond acceptors (Lipinski definition) is 2. The third kappa shape index (κ3) is 3.16. The standard InChI is InChI=1S/C18H25N3O2/c1-3-14-5-7-15(8-6-14)21-17(22)13-16(18(21)23)20-11-9-19(4-2)10-12-20/h5-8,16H,3-4,9-13H2,1-2H3/p+2. The molecule has 0 aliphatic carbocycles. The fraction of sp³-hybridized carbons (Fsp3) is 0.556. The summed E-state index contributed by atoms with van der Waals surface area (Å²) in [5.41, 5.74) is 1.94. The second-order valence-electron chi connectivity index (χ2n) is 6.61. The molecule has 0 radical (unpaired) electrons. The first-order valence-electron chi connectivity index (χ1n) is 8.78. The van der Waals surface area contributed by atoms with Gasteiger partial charge in [0.15, 0.2) is 6.04 Å². The number of imide groups is 1. The molecule has 2 aliphatic rings. The number of piperazine rings is 1. The number of anilines is 1. The van der Waals surface area contributed by atoms with Gasteiger partial charge in [-0.25, -0.2) is 4.90 Å². The topological polar surface area (TPSA) is 46.3 Å². The van der Waals surface area contributed by atoms with E-state index < -0.39 is 0 Å². The number of nitrogens with one attached hydrogen (secondary N) is 2. The van der Waals surface area contributed by atoms with Gasteiger partial charge in [0.05, 0.1) is 18.7 Å². The number of amides is 2. The SMILES string of the molecule is CCc1ccc(N2C(=O)CC([NH+]3CC[NH+](CC)CC3)C2=O)cc1. The van der Waals surface area contributed by atoms with Crippen LogP contribution in [0, 0.1) is 0 Å². The van der Waals surface area contributed by atoms with Crippen molar-refractivity contribution >= 4 is 17.5 Å². The van der Waals surface area contributed by atoms with Gasteiger partial charge in [-0.1, -0.05) is 19.1 Å². The molecule has 124 valence electrons. The Bertz CT molecular complexity index is 576. The Morgan fingerprint density at radius 1 is 1.04 bits per heavy atom. The molecule has 1 unspecified atom stereocenters. The minimum Gasteiger partial charge on any atom is -0.326 e. The minimum atomic E-state index is -0.188. The molecule has 23 heavy (non-hydrogen) atoms. The van der Waals surface area contributed by atoms with Gasteiger partial charge in [-0.2, -0.15) is 0 Å². The van der Waals surface area contributed by atoms with E-state index in [-0.39, 0.29) is 17.9 Å². The summed E-state index contributed by atoms with van der Waals surface area (Å²) in [6, 6.07) is 7.60. The van der Waals surface area contributed by atoms with Crippen LogP contribution in [-0.2, 0) is 16.0 Å². The van der Waals surface area contributed by atoms with Gasteiger partial charge >= 0.3 is 0 Å². The Labute approximate surface area is 137 Å². The Kier molecular flexibility index (Phi) is 4.78. The quantitative estimate of drug-likeness (QED) is 0.677. The van der Waals surface area contributed by atoms with E-state index in [9.17, 15) is 9.59 Å². The van der Waals surface area contributed by atoms with Gasteiger partial charge in [-0.3, -0.25) is 9.59 Å². The van der Waals surface area contributed by atoms with Crippen LogP contribution >= 0.6 is 0 Å². The summed E-state index contributed by atoms with van der Waals surface area (Å²) in [7, 11) is 0. The molecule has 2 aliphatic heterocycles. The summed E-state index contributed by atoms with van der Waals surface area (Å²) < 4.78 is 0. The van der Waals surface area contributed by atoms with Crippen molar-refractivity contribution in [3.8, 4) is 0 Å². The molecule has 0 aromatic heterocycles. The summed E-state index contributed by atoms with van der Waals surface area (Å²) in [5, 5.41) is 0. The molecule has 2 saturated heterocycles. The molecule has 3 rings (SSSR count). The summed E-state index contributed by atoms with van der Waals surface area (Å²) in [5.74, 6) is -0.0730. The maximum atomic E-state index is 12.8. The van der Waals surface area contributed by atoms with E-state index in [0.717, 1.165) is 44.8 Å². The third-order valence-electron chi connectivity index (χ3n) is 5.34. The van der Waals surface area contributed by atoms with Gasteiger partial charge in [0.2, 0.25) is 5.91 Å². The number of carbonyl (C=O) groups is 2. The fourth-order valence-corrected chi connectivity index (χ4v) is 3.73. The zero-order valence-electron chi connectivity index (χ0n) is 14.1. The van der Waals surface area contributed by atoms with Gasteiger partial charge in [0.1, 0.15) is 26.2 Å². The highest BCUT2D eigenvalue weighted by Gasteiger charge is 2.46. The lowest BCUT2D eigenvalue weighted by atomic mass is 10.1. The molecular formula is C18H27N3O2+2. The van der Waals surface area contributed by atoms with Crippen molar-refractivity contribution in [2.45, 2.75) is 32.7 Å². The Morgan fingerprint density at radius 2 is 1.70 bits per heavy atom. The van der Waals surface area contributed by atoms with Crippen LogP contribution in [0.4, 0.5) is 5.69 Å². The van der Waals surface area contributed by atoms with Gasteiger partial charge in [-0.15, -0.1) is 0 Å². The Hall–Kier alpha value is -1.72. The average Bonchev–Trinajstić information content (AvgIpc) is 2.89. The van der Waals surface area contributed by atoms with Crippen LogP contribution in [-0.4, -0.2) is 50.6 Å². The van der Waals surface area contributed by atoms with Crippen molar-refractivity contribution in [1.82, 2.24) is 0 Å². The van der Waals surface area contributed by atoms with Crippen molar-refractivity contribution in [2.24, 2.45) is 0 Å². The lowest BCUT2D eigenvalue weighted by Gasteiger charge is -2.31. The molecule has 5 heteroatoms. The van der Waals surface area contributed by atoms with Crippen molar-refractivity contribution in [2.75, 3.05) is 37.6 Å². The number of likely N-dealkylation sites (N-methyl/N-ethyl adjacent to an activating group) is 1. The van der Waals surface area contributed by atoms with E-state index in [1.54, 1.807) is 4.90 Å². The first kappa shape index (κ1) is 16.1. The zero-order chi connectivity index (χ0) is 16.4. The maximum Gasteiger partial charge on any atom is 0.292 e. The second kappa shape index (κ2) is 6.81. The summed E-state index contributed by atoms with van der Waals surface area (Å²) >= 11 is 0. The number of nitrogens with zero attached hydrogens (tertiary/aromatic N) is 1. The highest BCUT2D eigenvalue weighted by Crippen LogP contribution is 2.22.